The summed E-state index contributed by atoms with van der Waals surface area (Å²) < 4.78 is 5.09. The number of hydrogen-bond donors (Lipinski definition) is 0. The van der Waals surface area contributed by atoms with Crippen LogP contribution in [0, 0.1) is 0 Å². The summed E-state index contributed by atoms with van der Waals surface area (Å²) in [7, 11) is 0. The highest BCUT2D eigenvalue weighted by Crippen LogP contribution is 2.32. The number of esters is 1. The molecule has 0 bridgehead atoms. The second kappa shape index (κ2) is 4.05. The average Bonchev–Trinajstić information content (AvgIpc) is 2.47. The van der Waals surface area contributed by atoms with Gasteiger partial charge in [-0.1, -0.05) is 18.2 Å². The van der Waals surface area contributed by atoms with E-state index in [4.69, 9.17) is 4.74 Å². The molecule has 1 fully saturated rings. The Bertz CT molecular complexity index is 323. The maximum absolute atomic E-state index is 11.0. The summed E-state index contributed by atoms with van der Waals surface area (Å²) >= 11 is 1.72. The van der Waals surface area contributed by atoms with Crippen LogP contribution < -0.4 is 0 Å². The van der Waals surface area contributed by atoms with Crippen molar-refractivity contribution in [1.29, 1.82) is 0 Å². The van der Waals surface area contributed by atoms with Crippen LogP contribution in [0.15, 0.2) is 35.2 Å². The van der Waals surface area contributed by atoms with Crippen molar-refractivity contribution in [2.24, 2.45) is 0 Å². The molecule has 0 amide bonds. The van der Waals surface area contributed by atoms with Gasteiger partial charge in [-0.2, -0.15) is 0 Å². The van der Waals surface area contributed by atoms with Gasteiger partial charge in [-0.15, -0.1) is 11.8 Å². The Morgan fingerprint density at radius 3 is 2.64 bits per heavy atom. The first-order valence-corrected chi connectivity index (χ1v) is 5.55. The molecule has 1 saturated heterocycles. The Kier molecular flexibility index (Phi) is 2.77. The molecule has 1 aromatic rings. The van der Waals surface area contributed by atoms with Gasteiger partial charge in [0, 0.05) is 4.90 Å². The molecule has 0 aliphatic carbocycles. The van der Waals surface area contributed by atoms with E-state index in [1.54, 1.807) is 11.8 Å². The maximum atomic E-state index is 11.0. The molecule has 0 N–H and O–H groups in total. The van der Waals surface area contributed by atoms with Gasteiger partial charge in [-0.05, 0) is 19.1 Å². The Labute approximate surface area is 87.6 Å². The van der Waals surface area contributed by atoms with E-state index in [-0.39, 0.29) is 17.3 Å². The molecule has 1 heterocycles. The van der Waals surface area contributed by atoms with Gasteiger partial charge >= 0.3 is 5.97 Å². The number of thioether (sulfide) groups is 1. The Morgan fingerprint density at radius 1 is 1.36 bits per heavy atom. The SMILES string of the molecule is C[C@@H]1OC(=O)C[C@@H]1Sc1ccccc1. The fourth-order valence-electron chi connectivity index (χ4n) is 1.47. The minimum atomic E-state index is -0.0778. The topological polar surface area (TPSA) is 26.3 Å². The molecule has 0 spiro atoms. The number of ether oxygens (including phenoxy) is 1. The zero-order valence-corrected chi connectivity index (χ0v) is 8.79. The van der Waals surface area contributed by atoms with E-state index in [2.05, 4.69) is 12.1 Å². The van der Waals surface area contributed by atoms with Crippen molar-refractivity contribution in [2.45, 2.75) is 29.6 Å². The molecule has 2 rings (SSSR count). The van der Waals surface area contributed by atoms with Crippen molar-refractivity contribution >= 4 is 17.7 Å². The molecule has 2 nitrogen and oxygen atoms in total. The van der Waals surface area contributed by atoms with Crippen molar-refractivity contribution in [3.63, 3.8) is 0 Å². The molecular formula is C11H12O2S. The normalized spacial score (nSPS) is 26.2. The number of benzene rings is 1. The fourth-order valence-corrected chi connectivity index (χ4v) is 2.60. The summed E-state index contributed by atoms with van der Waals surface area (Å²) in [6, 6.07) is 10.1. The summed E-state index contributed by atoms with van der Waals surface area (Å²) in [5.41, 5.74) is 0. The highest BCUT2D eigenvalue weighted by Gasteiger charge is 2.31. The van der Waals surface area contributed by atoms with Gasteiger partial charge in [0.15, 0.2) is 0 Å². The molecule has 2 atom stereocenters. The molecule has 0 unspecified atom stereocenters. The molecule has 1 aromatic carbocycles. The second-order valence-electron chi connectivity index (χ2n) is 3.37. The molecule has 0 aromatic heterocycles. The summed E-state index contributed by atoms with van der Waals surface area (Å²) in [6.45, 7) is 1.95. The van der Waals surface area contributed by atoms with Gasteiger partial charge in [0.1, 0.15) is 6.10 Å². The summed E-state index contributed by atoms with van der Waals surface area (Å²) in [5.74, 6) is -0.0778. The Morgan fingerprint density at radius 2 is 2.07 bits per heavy atom. The van der Waals surface area contributed by atoms with Gasteiger partial charge in [0.2, 0.25) is 0 Å². The number of carbonyl (C=O) groups is 1. The van der Waals surface area contributed by atoms with Gasteiger partial charge in [-0.3, -0.25) is 4.79 Å². The van der Waals surface area contributed by atoms with Crippen LogP contribution in [-0.4, -0.2) is 17.3 Å². The third-order valence-electron chi connectivity index (χ3n) is 2.24. The van der Waals surface area contributed by atoms with Crippen molar-refractivity contribution < 1.29 is 9.53 Å². The zero-order chi connectivity index (χ0) is 9.97. The van der Waals surface area contributed by atoms with Crippen molar-refractivity contribution in [3.05, 3.63) is 30.3 Å². The largest absolute Gasteiger partial charge is 0.461 e. The quantitative estimate of drug-likeness (QED) is 0.698. The molecule has 1 aliphatic heterocycles. The molecule has 74 valence electrons. The van der Waals surface area contributed by atoms with Crippen LogP contribution in [0.3, 0.4) is 0 Å². The first kappa shape index (κ1) is 9.59. The van der Waals surface area contributed by atoms with Crippen LogP contribution in [0.25, 0.3) is 0 Å². The van der Waals surface area contributed by atoms with E-state index >= 15 is 0 Å². The molecule has 1 aliphatic rings. The molecular weight excluding hydrogens is 196 g/mol. The minimum absolute atomic E-state index is 0.0349. The van der Waals surface area contributed by atoms with Gasteiger partial charge in [-0.25, -0.2) is 0 Å². The first-order chi connectivity index (χ1) is 6.75. The lowest BCUT2D eigenvalue weighted by Gasteiger charge is -2.11. The monoisotopic (exact) mass is 208 g/mol. The number of cyclic esters (lactones) is 1. The van der Waals surface area contributed by atoms with Crippen LogP contribution in [-0.2, 0) is 9.53 Å². The lowest BCUT2D eigenvalue weighted by atomic mass is 10.2. The van der Waals surface area contributed by atoms with Crippen LogP contribution in [0.5, 0.6) is 0 Å². The second-order valence-corrected chi connectivity index (χ2v) is 4.68. The summed E-state index contributed by atoms with van der Waals surface area (Å²) in [4.78, 5) is 12.2. The van der Waals surface area contributed by atoms with E-state index < -0.39 is 0 Å². The number of hydrogen-bond acceptors (Lipinski definition) is 3. The first-order valence-electron chi connectivity index (χ1n) is 4.67. The Balaban J connectivity index is 2.02. The maximum Gasteiger partial charge on any atom is 0.307 e. The lowest BCUT2D eigenvalue weighted by molar-refractivity contribution is -0.140. The predicted molar refractivity (Wildman–Crippen MR) is 56.3 cm³/mol. The molecule has 0 saturated carbocycles. The fraction of sp³-hybridized carbons (Fsp3) is 0.364. The Hall–Kier alpha value is -0.960. The van der Waals surface area contributed by atoms with Crippen molar-refractivity contribution in [1.82, 2.24) is 0 Å². The molecule has 3 heteroatoms. The van der Waals surface area contributed by atoms with E-state index in [1.807, 2.05) is 25.1 Å². The third-order valence-corrected chi connectivity index (χ3v) is 3.64. The van der Waals surface area contributed by atoms with Crippen molar-refractivity contribution in [2.75, 3.05) is 0 Å². The van der Waals surface area contributed by atoms with Crippen LogP contribution in [0.4, 0.5) is 0 Å². The lowest BCUT2D eigenvalue weighted by Crippen LogP contribution is -2.12. The van der Waals surface area contributed by atoms with E-state index in [1.165, 1.54) is 4.90 Å². The van der Waals surface area contributed by atoms with E-state index in [0.717, 1.165) is 0 Å². The summed E-state index contributed by atoms with van der Waals surface area (Å²) in [6.07, 6.45) is 0.563. The van der Waals surface area contributed by atoms with Crippen LogP contribution in [0.1, 0.15) is 13.3 Å². The van der Waals surface area contributed by atoms with E-state index in [9.17, 15) is 4.79 Å². The number of rotatable bonds is 2. The van der Waals surface area contributed by atoms with Gasteiger partial charge in [0.25, 0.3) is 0 Å². The highest BCUT2D eigenvalue weighted by molar-refractivity contribution is 8.00. The molecule has 14 heavy (non-hydrogen) atoms. The minimum Gasteiger partial charge on any atom is -0.461 e. The van der Waals surface area contributed by atoms with Crippen molar-refractivity contribution in [3.8, 4) is 0 Å². The molecule has 0 radical (unpaired) electrons. The highest BCUT2D eigenvalue weighted by atomic mass is 32.2. The van der Waals surface area contributed by atoms with Gasteiger partial charge in [0.05, 0.1) is 11.7 Å². The average molecular weight is 208 g/mol. The van der Waals surface area contributed by atoms with Crippen LogP contribution >= 0.6 is 11.8 Å². The predicted octanol–water partition coefficient (Wildman–Crippen LogP) is 2.48. The smallest absolute Gasteiger partial charge is 0.307 e. The number of carbonyl (C=O) groups excluding carboxylic acids is 1. The third kappa shape index (κ3) is 2.10. The van der Waals surface area contributed by atoms with Crippen LogP contribution in [0.2, 0.25) is 0 Å². The summed E-state index contributed by atoms with van der Waals surface area (Å²) in [5, 5.41) is 0.268. The van der Waals surface area contributed by atoms with Gasteiger partial charge < -0.3 is 4.74 Å². The standard InChI is InChI=1S/C11H12O2S/c1-8-10(7-11(12)13-8)14-9-5-3-2-4-6-9/h2-6,8,10H,7H2,1H3/t8-,10-/m0/s1. The zero-order valence-electron chi connectivity index (χ0n) is 7.97. The van der Waals surface area contributed by atoms with E-state index in [0.29, 0.717) is 6.42 Å².